The highest BCUT2D eigenvalue weighted by atomic mass is 16.5. The summed E-state index contributed by atoms with van der Waals surface area (Å²) >= 11 is 0. The second-order valence-electron chi connectivity index (χ2n) is 10.1. The van der Waals surface area contributed by atoms with E-state index in [0.717, 1.165) is 49.9 Å². The molecular weight excluding hydrogens is 466 g/mol. The Morgan fingerprint density at radius 1 is 0.838 bits per heavy atom. The van der Waals surface area contributed by atoms with Crippen LogP contribution in [0.5, 0.6) is 5.75 Å². The molecule has 0 spiro atoms. The Labute approximate surface area is 216 Å². The molecule has 2 N–H and O–H groups in total. The number of anilines is 2. The Bertz CT molecular complexity index is 1260. The number of amides is 2. The molecule has 7 nitrogen and oxygen atoms in total. The zero-order chi connectivity index (χ0) is 25.2. The molecule has 3 fully saturated rings. The molecule has 0 radical (unpaired) electrons. The molecule has 3 aromatic rings. The maximum absolute atomic E-state index is 13.1. The zero-order valence-electron chi connectivity index (χ0n) is 20.7. The molecule has 2 amide bonds. The monoisotopic (exact) mass is 497 g/mol. The fourth-order valence-corrected chi connectivity index (χ4v) is 5.04. The van der Waals surface area contributed by atoms with E-state index in [4.69, 9.17) is 9.47 Å². The predicted octanol–water partition coefficient (Wildman–Crippen LogP) is 4.95. The lowest BCUT2D eigenvalue weighted by Gasteiger charge is -2.31. The van der Waals surface area contributed by atoms with Gasteiger partial charge in [-0.25, -0.2) is 0 Å². The van der Waals surface area contributed by atoms with Crippen LogP contribution in [0.2, 0.25) is 0 Å². The normalized spacial score (nSPS) is 20.9. The Kier molecular flexibility index (Phi) is 6.64. The van der Waals surface area contributed by atoms with Crippen LogP contribution in [0, 0.1) is 0 Å². The molecule has 3 aliphatic rings. The third-order valence-electron chi connectivity index (χ3n) is 7.07. The van der Waals surface area contributed by atoms with Crippen LogP contribution in [-0.2, 0) is 9.53 Å². The molecule has 3 aromatic carbocycles. The second kappa shape index (κ2) is 10.4. The van der Waals surface area contributed by atoms with Crippen LogP contribution in [-0.4, -0.2) is 54.7 Å². The highest BCUT2D eigenvalue weighted by Crippen LogP contribution is 2.33. The van der Waals surface area contributed by atoms with Crippen molar-refractivity contribution in [1.82, 2.24) is 4.90 Å². The molecule has 1 aliphatic carbocycles. The molecule has 2 aliphatic heterocycles. The summed E-state index contributed by atoms with van der Waals surface area (Å²) in [6, 6.07) is 23.1. The van der Waals surface area contributed by atoms with Gasteiger partial charge in [0.05, 0.1) is 30.5 Å². The second-order valence-corrected chi connectivity index (χ2v) is 10.1. The minimum Gasteiger partial charge on any atom is -0.488 e. The summed E-state index contributed by atoms with van der Waals surface area (Å²) in [7, 11) is 0. The summed E-state index contributed by atoms with van der Waals surface area (Å²) in [5.74, 6) is 0.239. The number of ether oxygens (including phenoxy) is 2. The number of rotatable bonds is 8. The first-order valence-electron chi connectivity index (χ1n) is 13.0. The number of nitrogens with zero attached hydrogens (tertiary/aromatic N) is 1. The van der Waals surface area contributed by atoms with E-state index >= 15 is 0 Å². The van der Waals surface area contributed by atoms with Gasteiger partial charge in [-0.05, 0) is 67.1 Å². The number of hydrogen-bond donors (Lipinski definition) is 2. The lowest BCUT2D eigenvalue weighted by molar-refractivity contribution is -0.119. The Morgan fingerprint density at radius 3 is 2.24 bits per heavy atom. The van der Waals surface area contributed by atoms with Crippen molar-refractivity contribution in [2.75, 3.05) is 30.3 Å². The summed E-state index contributed by atoms with van der Waals surface area (Å²) in [6.07, 6.45) is 4.77. The fourth-order valence-electron chi connectivity index (χ4n) is 5.04. The summed E-state index contributed by atoms with van der Waals surface area (Å²) in [4.78, 5) is 28.2. The largest absolute Gasteiger partial charge is 0.488 e. The first-order valence-corrected chi connectivity index (χ1v) is 13.0. The van der Waals surface area contributed by atoms with Gasteiger partial charge >= 0.3 is 0 Å². The summed E-state index contributed by atoms with van der Waals surface area (Å²) in [5.41, 5.74) is 3.89. The van der Waals surface area contributed by atoms with E-state index in [-0.39, 0.29) is 30.1 Å². The molecule has 2 atom stereocenters. The van der Waals surface area contributed by atoms with Crippen molar-refractivity contribution in [2.45, 2.75) is 44.0 Å². The van der Waals surface area contributed by atoms with Crippen molar-refractivity contribution < 1.29 is 19.1 Å². The lowest BCUT2D eigenvalue weighted by Crippen LogP contribution is -2.45. The zero-order valence-corrected chi connectivity index (χ0v) is 20.7. The van der Waals surface area contributed by atoms with E-state index in [0.29, 0.717) is 29.2 Å². The number of carbonyl (C=O) groups excluding carboxylic acids is 2. The highest BCUT2D eigenvalue weighted by Gasteiger charge is 2.34. The van der Waals surface area contributed by atoms with E-state index in [9.17, 15) is 9.59 Å². The Balaban J connectivity index is 1.13. The SMILES string of the molecule is O=C(CN1CC2CCC(C1)O2)Nc1cc(C(=O)Nc2ccc(-c3ccccc3)cc2)ccc1OC1CC1. The average Bonchev–Trinajstić information content (AvgIpc) is 3.67. The van der Waals surface area contributed by atoms with Crippen molar-refractivity contribution in [2.24, 2.45) is 0 Å². The number of benzene rings is 3. The standard InChI is InChI=1S/C30H31N3O4/c34-29(19-33-17-25-13-14-26(18-33)36-25)32-27-16-22(8-15-28(27)37-24-11-12-24)30(35)31-23-9-6-21(7-10-23)20-4-2-1-3-5-20/h1-10,15-16,24-26H,11-14,17-19H2,(H,31,35)(H,32,34). The van der Waals surface area contributed by atoms with Gasteiger partial charge < -0.3 is 20.1 Å². The maximum Gasteiger partial charge on any atom is 0.255 e. The molecule has 1 saturated carbocycles. The molecular formula is C30H31N3O4. The van der Waals surface area contributed by atoms with Crippen molar-refractivity contribution in [3.05, 3.63) is 78.4 Å². The van der Waals surface area contributed by atoms with Gasteiger partial charge in [-0.2, -0.15) is 0 Å². The summed E-state index contributed by atoms with van der Waals surface area (Å²) in [5, 5.41) is 5.96. The highest BCUT2D eigenvalue weighted by molar-refractivity contribution is 6.06. The Hall–Kier alpha value is -3.68. The van der Waals surface area contributed by atoms with Gasteiger partial charge in [-0.3, -0.25) is 14.5 Å². The van der Waals surface area contributed by atoms with E-state index in [2.05, 4.69) is 27.7 Å². The number of fused-ring (bicyclic) bond motifs is 2. The minimum atomic E-state index is -0.245. The first-order chi connectivity index (χ1) is 18.1. The molecule has 0 aromatic heterocycles. The van der Waals surface area contributed by atoms with Crippen LogP contribution < -0.4 is 15.4 Å². The maximum atomic E-state index is 13.1. The molecule has 7 heteroatoms. The molecule has 37 heavy (non-hydrogen) atoms. The number of likely N-dealkylation sites (tertiary alicyclic amines) is 1. The predicted molar refractivity (Wildman–Crippen MR) is 143 cm³/mol. The van der Waals surface area contributed by atoms with Gasteiger partial charge in [0.2, 0.25) is 5.91 Å². The summed E-state index contributed by atoms with van der Waals surface area (Å²) in [6.45, 7) is 1.85. The van der Waals surface area contributed by atoms with Crippen LogP contribution in [0.1, 0.15) is 36.0 Å². The number of morpholine rings is 1. The molecule has 6 rings (SSSR count). The van der Waals surface area contributed by atoms with Gasteiger partial charge in [0.15, 0.2) is 0 Å². The molecule has 2 unspecified atom stereocenters. The van der Waals surface area contributed by atoms with Crippen LogP contribution in [0.25, 0.3) is 11.1 Å². The fraction of sp³-hybridized carbons (Fsp3) is 0.333. The van der Waals surface area contributed by atoms with Crippen molar-refractivity contribution in [1.29, 1.82) is 0 Å². The van der Waals surface area contributed by atoms with Crippen molar-refractivity contribution >= 4 is 23.2 Å². The molecule has 2 heterocycles. The number of nitrogens with one attached hydrogen (secondary N) is 2. The van der Waals surface area contributed by atoms with E-state index < -0.39 is 0 Å². The van der Waals surface area contributed by atoms with Crippen LogP contribution in [0.4, 0.5) is 11.4 Å². The van der Waals surface area contributed by atoms with E-state index in [1.165, 1.54) is 0 Å². The van der Waals surface area contributed by atoms with E-state index in [1.807, 2.05) is 42.5 Å². The van der Waals surface area contributed by atoms with Gasteiger partial charge in [-0.15, -0.1) is 0 Å². The van der Waals surface area contributed by atoms with Crippen LogP contribution in [0.15, 0.2) is 72.8 Å². The van der Waals surface area contributed by atoms with Gasteiger partial charge in [0, 0.05) is 24.3 Å². The number of carbonyl (C=O) groups is 2. The first kappa shape index (κ1) is 23.7. The topological polar surface area (TPSA) is 79.9 Å². The van der Waals surface area contributed by atoms with Crippen LogP contribution >= 0.6 is 0 Å². The van der Waals surface area contributed by atoms with Crippen molar-refractivity contribution in [3.8, 4) is 16.9 Å². The van der Waals surface area contributed by atoms with E-state index in [1.54, 1.807) is 18.2 Å². The molecule has 2 bridgehead atoms. The van der Waals surface area contributed by atoms with Crippen LogP contribution in [0.3, 0.4) is 0 Å². The number of hydrogen-bond acceptors (Lipinski definition) is 5. The van der Waals surface area contributed by atoms with Crippen molar-refractivity contribution in [3.63, 3.8) is 0 Å². The summed E-state index contributed by atoms with van der Waals surface area (Å²) < 4.78 is 11.9. The van der Waals surface area contributed by atoms with Gasteiger partial charge in [0.25, 0.3) is 5.91 Å². The third kappa shape index (κ3) is 5.84. The third-order valence-corrected chi connectivity index (χ3v) is 7.07. The smallest absolute Gasteiger partial charge is 0.255 e. The average molecular weight is 498 g/mol. The lowest BCUT2D eigenvalue weighted by atomic mass is 10.1. The minimum absolute atomic E-state index is 0.115. The Morgan fingerprint density at radius 2 is 1.54 bits per heavy atom. The molecule has 190 valence electrons. The van der Waals surface area contributed by atoms with Gasteiger partial charge in [-0.1, -0.05) is 42.5 Å². The quantitative estimate of drug-likeness (QED) is 0.460. The van der Waals surface area contributed by atoms with Gasteiger partial charge in [0.1, 0.15) is 5.75 Å². The molecule has 2 saturated heterocycles.